The zero-order chi connectivity index (χ0) is 15.2. The number of carbonyl (C=O) groups excluding carboxylic acids is 1. The predicted molar refractivity (Wildman–Crippen MR) is 74.8 cm³/mol. The molecule has 19 heavy (non-hydrogen) atoms. The largest absolute Gasteiger partial charge is 0.478 e. The number of carboxylic acids is 1. The Morgan fingerprint density at radius 2 is 1.74 bits per heavy atom. The van der Waals surface area contributed by atoms with Crippen molar-refractivity contribution in [2.75, 3.05) is 6.61 Å². The zero-order valence-electron chi connectivity index (χ0n) is 12.8. The van der Waals surface area contributed by atoms with Gasteiger partial charge in [0.05, 0.1) is 12.2 Å². The number of rotatable bonds is 7. The monoisotopic (exact) mass is 270 g/mol. The molecule has 0 heterocycles. The number of hydrogen-bond donors (Lipinski definition) is 1. The van der Waals surface area contributed by atoms with Crippen molar-refractivity contribution >= 4 is 11.9 Å². The van der Waals surface area contributed by atoms with Crippen LogP contribution in [0, 0.1) is 17.3 Å². The normalized spacial score (nSPS) is 15.5. The first-order chi connectivity index (χ1) is 8.73. The van der Waals surface area contributed by atoms with Gasteiger partial charge in [-0.3, -0.25) is 4.79 Å². The van der Waals surface area contributed by atoms with E-state index in [-0.39, 0.29) is 24.0 Å². The van der Waals surface area contributed by atoms with Gasteiger partial charge in [0, 0.05) is 0 Å². The van der Waals surface area contributed by atoms with Crippen LogP contribution in [0.4, 0.5) is 0 Å². The lowest BCUT2D eigenvalue weighted by Crippen LogP contribution is -2.42. The molecule has 4 heteroatoms. The molecule has 0 fully saturated rings. The Hall–Kier alpha value is -1.32. The van der Waals surface area contributed by atoms with Gasteiger partial charge in [-0.1, -0.05) is 40.7 Å². The van der Waals surface area contributed by atoms with E-state index in [0.717, 1.165) is 0 Å². The fraction of sp³-hybridized carbons (Fsp3) is 0.733. The predicted octanol–water partition coefficient (Wildman–Crippen LogP) is 3.27. The summed E-state index contributed by atoms with van der Waals surface area (Å²) in [6, 6.07) is 0. The molecule has 110 valence electrons. The van der Waals surface area contributed by atoms with Crippen molar-refractivity contribution in [1.29, 1.82) is 0 Å². The highest BCUT2D eigenvalue weighted by atomic mass is 16.5. The van der Waals surface area contributed by atoms with E-state index in [1.165, 1.54) is 0 Å². The van der Waals surface area contributed by atoms with Crippen molar-refractivity contribution < 1.29 is 19.4 Å². The van der Waals surface area contributed by atoms with Crippen LogP contribution in [0.25, 0.3) is 0 Å². The van der Waals surface area contributed by atoms with E-state index >= 15 is 0 Å². The van der Waals surface area contributed by atoms with E-state index in [4.69, 9.17) is 4.74 Å². The molecule has 4 nitrogen and oxygen atoms in total. The van der Waals surface area contributed by atoms with Crippen LogP contribution in [-0.4, -0.2) is 23.7 Å². The Morgan fingerprint density at radius 3 is 2.00 bits per heavy atom. The Bertz CT molecular complexity index is 355. The summed E-state index contributed by atoms with van der Waals surface area (Å²) in [6.07, 6.45) is 2.07. The molecule has 0 aliphatic heterocycles. The SMILES string of the molecule is CCOC(=O)C(CC)(C(=CC(C)C)C(=O)O)C(C)C. The molecule has 0 spiro atoms. The van der Waals surface area contributed by atoms with Gasteiger partial charge in [0.1, 0.15) is 5.41 Å². The lowest BCUT2D eigenvalue weighted by Gasteiger charge is -2.35. The molecule has 0 rings (SSSR count). The Balaban J connectivity index is 5.93. The molecule has 0 bridgehead atoms. The van der Waals surface area contributed by atoms with Gasteiger partial charge in [-0.25, -0.2) is 4.79 Å². The third-order valence-electron chi connectivity index (χ3n) is 3.39. The highest BCUT2D eigenvalue weighted by Gasteiger charge is 2.47. The first-order valence-corrected chi connectivity index (χ1v) is 6.86. The molecule has 0 radical (unpaired) electrons. The average molecular weight is 270 g/mol. The van der Waals surface area contributed by atoms with E-state index < -0.39 is 17.4 Å². The molecule has 0 saturated heterocycles. The maximum Gasteiger partial charge on any atom is 0.332 e. The number of hydrogen-bond acceptors (Lipinski definition) is 3. The minimum atomic E-state index is -1.08. The van der Waals surface area contributed by atoms with Gasteiger partial charge in [0.15, 0.2) is 0 Å². The minimum absolute atomic E-state index is 0.0604. The highest BCUT2D eigenvalue weighted by Crippen LogP contribution is 2.41. The summed E-state index contributed by atoms with van der Waals surface area (Å²) in [5.74, 6) is -1.57. The third kappa shape index (κ3) is 3.82. The van der Waals surface area contributed by atoms with Crippen LogP contribution in [0.15, 0.2) is 11.6 Å². The summed E-state index contributed by atoms with van der Waals surface area (Å²) in [6.45, 7) is 11.3. The summed E-state index contributed by atoms with van der Waals surface area (Å²) < 4.78 is 5.13. The molecule has 0 aromatic carbocycles. The summed E-state index contributed by atoms with van der Waals surface area (Å²) in [7, 11) is 0. The standard InChI is InChI=1S/C15H26O4/c1-7-15(11(5)6,14(18)19-8-2)12(13(16)17)9-10(3)4/h9-11H,7-8H2,1-6H3,(H,16,17). The molecule has 0 saturated carbocycles. The van der Waals surface area contributed by atoms with Crippen LogP contribution >= 0.6 is 0 Å². The molecule has 0 aliphatic rings. The second kappa shape index (κ2) is 7.31. The van der Waals surface area contributed by atoms with Gasteiger partial charge >= 0.3 is 11.9 Å². The summed E-state index contributed by atoms with van der Waals surface area (Å²) in [5.41, 5.74) is -0.926. The molecule has 0 aliphatic carbocycles. The van der Waals surface area contributed by atoms with Crippen molar-refractivity contribution in [3.05, 3.63) is 11.6 Å². The Labute approximate surface area is 115 Å². The van der Waals surface area contributed by atoms with Crippen LogP contribution in [0.2, 0.25) is 0 Å². The molecule has 1 N–H and O–H groups in total. The molecule has 1 atom stereocenters. The van der Waals surface area contributed by atoms with Crippen molar-refractivity contribution in [1.82, 2.24) is 0 Å². The van der Waals surface area contributed by atoms with Gasteiger partial charge in [0.25, 0.3) is 0 Å². The van der Waals surface area contributed by atoms with Gasteiger partial charge in [-0.2, -0.15) is 0 Å². The first kappa shape index (κ1) is 17.7. The van der Waals surface area contributed by atoms with E-state index in [1.54, 1.807) is 13.0 Å². The Kier molecular flexibility index (Phi) is 6.81. The fourth-order valence-corrected chi connectivity index (χ4v) is 2.40. The summed E-state index contributed by atoms with van der Waals surface area (Å²) in [4.78, 5) is 23.9. The smallest absolute Gasteiger partial charge is 0.332 e. The van der Waals surface area contributed by atoms with E-state index in [1.807, 2.05) is 34.6 Å². The molecule has 0 aromatic rings. The third-order valence-corrected chi connectivity index (χ3v) is 3.39. The summed E-state index contributed by atoms with van der Waals surface area (Å²) >= 11 is 0. The van der Waals surface area contributed by atoms with Crippen LogP contribution in [0.1, 0.15) is 48.0 Å². The molecule has 0 aromatic heterocycles. The van der Waals surface area contributed by atoms with Crippen LogP contribution in [0.3, 0.4) is 0 Å². The molecular formula is C15H26O4. The number of carbonyl (C=O) groups is 2. The fourth-order valence-electron chi connectivity index (χ4n) is 2.40. The summed E-state index contributed by atoms with van der Waals surface area (Å²) in [5, 5.41) is 9.48. The number of carboxylic acid groups (broad SMARTS) is 1. The first-order valence-electron chi connectivity index (χ1n) is 6.86. The van der Waals surface area contributed by atoms with Gasteiger partial charge < -0.3 is 9.84 Å². The minimum Gasteiger partial charge on any atom is -0.478 e. The molecule has 1 unspecified atom stereocenters. The van der Waals surface area contributed by atoms with E-state index in [0.29, 0.717) is 6.42 Å². The van der Waals surface area contributed by atoms with Crippen molar-refractivity contribution in [3.63, 3.8) is 0 Å². The average Bonchev–Trinajstić information content (AvgIpc) is 2.28. The maximum absolute atomic E-state index is 12.3. The highest BCUT2D eigenvalue weighted by molar-refractivity contribution is 5.97. The topological polar surface area (TPSA) is 63.6 Å². The number of aliphatic carboxylic acids is 1. The van der Waals surface area contributed by atoms with Crippen molar-refractivity contribution in [2.24, 2.45) is 17.3 Å². The van der Waals surface area contributed by atoms with E-state index in [9.17, 15) is 14.7 Å². The Morgan fingerprint density at radius 1 is 1.21 bits per heavy atom. The van der Waals surface area contributed by atoms with Crippen molar-refractivity contribution in [3.8, 4) is 0 Å². The number of allylic oxidation sites excluding steroid dienone is 1. The molecule has 0 amide bonds. The lowest BCUT2D eigenvalue weighted by atomic mass is 9.68. The van der Waals surface area contributed by atoms with E-state index in [2.05, 4.69) is 0 Å². The van der Waals surface area contributed by atoms with Crippen LogP contribution in [-0.2, 0) is 14.3 Å². The molecular weight excluding hydrogens is 244 g/mol. The van der Waals surface area contributed by atoms with Crippen LogP contribution < -0.4 is 0 Å². The number of esters is 1. The van der Waals surface area contributed by atoms with Crippen molar-refractivity contribution in [2.45, 2.75) is 48.0 Å². The van der Waals surface area contributed by atoms with Gasteiger partial charge in [0.2, 0.25) is 0 Å². The number of ether oxygens (including phenoxy) is 1. The van der Waals surface area contributed by atoms with Gasteiger partial charge in [-0.05, 0) is 25.2 Å². The maximum atomic E-state index is 12.3. The second-order valence-corrected chi connectivity index (χ2v) is 5.33. The zero-order valence-corrected chi connectivity index (χ0v) is 12.8. The van der Waals surface area contributed by atoms with Gasteiger partial charge in [-0.15, -0.1) is 0 Å². The van der Waals surface area contributed by atoms with Crippen LogP contribution in [0.5, 0.6) is 0 Å². The second-order valence-electron chi connectivity index (χ2n) is 5.33. The quantitative estimate of drug-likeness (QED) is 0.569. The lowest BCUT2D eigenvalue weighted by molar-refractivity contribution is -0.158.